The molecule has 0 aromatic rings. The Kier molecular flexibility index (Phi) is 5.13. The van der Waals surface area contributed by atoms with Crippen LogP contribution in [0.3, 0.4) is 0 Å². The maximum Gasteiger partial charge on any atom is 0.106 e. The summed E-state index contributed by atoms with van der Waals surface area (Å²) in [6.45, 7) is 0. The number of rotatable bonds is 5. The summed E-state index contributed by atoms with van der Waals surface area (Å²) in [4.78, 5) is 4.80. The summed E-state index contributed by atoms with van der Waals surface area (Å²) in [7, 11) is 1.61. The summed E-state index contributed by atoms with van der Waals surface area (Å²) in [6.07, 6.45) is 8.08. The lowest BCUT2D eigenvalue weighted by atomic mass is 10.1. The summed E-state index contributed by atoms with van der Waals surface area (Å²) in [6, 6.07) is 0. The fourth-order valence-corrected chi connectivity index (χ4v) is 1.93. The van der Waals surface area contributed by atoms with Gasteiger partial charge in [0.05, 0.1) is 5.71 Å². The Morgan fingerprint density at radius 3 is 3.08 bits per heavy atom. The standard InChI is InChI=1S/C10H16BrNO/c1-13-12-10-7-4-6-9(10)5-2-3-8-11/h6H,2-5,7-8H2,1H3. The van der Waals surface area contributed by atoms with E-state index in [9.17, 15) is 0 Å². The highest BCUT2D eigenvalue weighted by molar-refractivity contribution is 9.09. The van der Waals surface area contributed by atoms with Crippen LogP contribution in [0.1, 0.15) is 32.1 Å². The molecule has 0 aromatic heterocycles. The van der Waals surface area contributed by atoms with Crippen molar-refractivity contribution in [3.05, 3.63) is 11.6 Å². The lowest BCUT2D eigenvalue weighted by Crippen LogP contribution is -1.98. The number of halogens is 1. The first-order valence-electron chi connectivity index (χ1n) is 4.74. The molecule has 74 valence electrons. The van der Waals surface area contributed by atoms with Crippen molar-refractivity contribution in [3.8, 4) is 0 Å². The van der Waals surface area contributed by atoms with Crippen molar-refractivity contribution < 1.29 is 4.84 Å². The highest BCUT2D eigenvalue weighted by Crippen LogP contribution is 2.21. The molecule has 3 heteroatoms. The van der Waals surface area contributed by atoms with Crippen LogP contribution in [-0.2, 0) is 4.84 Å². The minimum Gasteiger partial charge on any atom is -0.399 e. The van der Waals surface area contributed by atoms with Gasteiger partial charge >= 0.3 is 0 Å². The zero-order valence-corrected chi connectivity index (χ0v) is 9.64. The molecule has 13 heavy (non-hydrogen) atoms. The molecule has 1 aliphatic rings. The van der Waals surface area contributed by atoms with Gasteiger partial charge in [-0.25, -0.2) is 0 Å². The van der Waals surface area contributed by atoms with Gasteiger partial charge in [0.15, 0.2) is 0 Å². The van der Waals surface area contributed by atoms with E-state index in [1.807, 2.05) is 0 Å². The van der Waals surface area contributed by atoms with Crippen molar-refractivity contribution in [3.63, 3.8) is 0 Å². The van der Waals surface area contributed by atoms with E-state index in [4.69, 9.17) is 4.84 Å². The number of unbranched alkanes of at least 4 members (excludes halogenated alkanes) is 1. The molecule has 0 unspecified atom stereocenters. The number of hydrogen-bond acceptors (Lipinski definition) is 2. The van der Waals surface area contributed by atoms with Gasteiger partial charge in [-0.3, -0.25) is 0 Å². The van der Waals surface area contributed by atoms with E-state index < -0.39 is 0 Å². The monoisotopic (exact) mass is 245 g/mol. The molecule has 0 N–H and O–H groups in total. The van der Waals surface area contributed by atoms with Gasteiger partial charge in [-0.15, -0.1) is 0 Å². The summed E-state index contributed by atoms with van der Waals surface area (Å²) < 4.78 is 0. The quantitative estimate of drug-likeness (QED) is 0.414. The molecule has 0 radical (unpaired) electrons. The Hall–Kier alpha value is -0.310. The third kappa shape index (κ3) is 3.51. The van der Waals surface area contributed by atoms with E-state index >= 15 is 0 Å². The van der Waals surface area contributed by atoms with Crippen molar-refractivity contribution >= 4 is 21.6 Å². The predicted octanol–water partition coefficient (Wildman–Crippen LogP) is 3.27. The first-order chi connectivity index (χ1) is 6.38. The van der Waals surface area contributed by atoms with E-state index in [1.165, 1.54) is 18.4 Å². The zero-order valence-electron chi connectivity index (χ0n) is 8.05. The van der Waals surface area contributed by atoms with Crippen LogP contribution in [0.25, 0.3) is 0 Å². The minimum atomic E-state index is 1.05. The first-order valence-corrected chi connectivity index (χ1v) is 5.86. The summed E-state index contributed by atoms with van der Waals surface area (Å²) in [5.41, 5.74) is 2.54. The van der Waals surface area contributed by atoms with E-state index in [0.717, 1.165) is 30.3 Å². The van der Waals surface area contributed by atoms with E-state index in [-0.39, 0.29) is 0 Å². The summed E-state index contributed by atoms with van der Waals surface area (Å²) >= 11 is 3.43. The van der Waals surface area contributed by atoms with Gasteiger partial charge < -0.3 is 4.84 Å². The number of allylic oxidation sites excluding steroid dienone is 2. The topological polar surface area (TPSA) is 21.6 Å². The highest BCUT2D eigenvalue weighted by Gasteiger charge is 2.12. The molecule has 0 heterocycles. The smallest absolute Gasteiger partial charge is 0.106 e. The van der Waals surface area contributed by atoms with Crippen molar-refractivity contribution in [1.29, 1.82) is 0 Å². The summed E-state index contributed by atoms with van der Waals surface area (Å²) in [5, 5.41) is 5.11. The second kappa shape index (κ2) is 6.19. The fourth-order valence-electron chi connectivity index (χ4n) is 1.53. The second-order valence-corrected chi connectivity index (χ2v) is 3.93. The second-order valence-electron chi connectivity index (χ2n) is 3.13. The number of alkyl halides is 1. The van der Waals surface area contributed by atoms with E-state index in [2.05, 4.69) is 27.2 Å². The molecule has 0 aromatic carbocycles. The highest BCUT2D eigenvalue weighted by atomic mass is 79.9. The normalized spacial score (nSPS) is 19.2. The lowest BCUT2D eigenvalue weighted by molar-refractivity contribution is 0.213. The van der Waals surface area contributed by atoms with E-state index in [0.29, 0.717) is 0 Å². The fraction of sp³-hybridized carbons (Fsp3) is 0.700. The molecular formula is C10H16BrNO. The van der Waals surface area contributed by atoms with Gasteiger partial charge in [-0.05, 0) is 37.7 Å². The Morgan fingerprint density at radius 2 is 2.38 bits per heavy atom. The molecule has 0 saturated carbocycles. The molecule has 0 spiro atoms. The Bertz CT molecular complexity index is 211. The van der Waals surface area contributed by atoms with Crippen LogP contribution in [0.15, 0.2) is 16.8 Å². The van der Waals surface area contributed by atoms with Crippen molar-refractivity contribution in [1.82, 2.24) is 0 Å². The van der Waals surface area contributed by atoms with Gasteiger partial charge in [-0.2, -0.15) is 0 Å². The number of hydrogen-bond donors (Lipinski definition) is 0. The number of oxime groups is 1. The molecule has 2 nitrogen and oxygen atoms in total. The Labute approximate surface area is 88.2 Å². The van der Waals surface area contributed by atoms with Crippen LogP contribution in [0.2, 0.25) is 0 Å². The molecule has 1 aliphatic carbocycles. The van der Waals surface area contributed by atoms with Gasteiger partial charge in [0.1, 0.15) is 7.11 Å². The first kappa shape index (κ1) is 10.8. The molecule has 1 rings (SSSR count). The van der Waals surface area contributed by atoms with Crippen LogP contribution >= 0.6 is 15.9 Å². The van der Waals surface area contributed by atoms with Gasteiger partial charge in [0, 0.05) is 5.33 Å². The molecule has 0 atom stereocenters. The average Bonchev–Trinajstić information content (AvgIpc) is 2.54. The van der Waals surface area contributed by atoms with Crippen molar-refractivity contribution in [2.24, 2.45) is 5.16 Å². The van der Waals surface area contributed by atoms with Crippen LogP contribution in [0.4, 0.5) is 0 Å². The van der Waals surface area contributed by atoms with Gasteiger partial charge in [-0.1, -0.05) is 27.2 Å². The maximum absolute atomic E-state index is 4.80. The maximum atomic E-state index is 4.80. The van der Waals surface area contributed by atoms with Crippen molar-refractivity contribution in [2.45, 2.75) is 32.1 Å². The third-order valence-electron chi connectivity index (χ3n) is 2.17. The number of nitrogens with zero attached hydrogens (tertiary/aromatic N) is 1. The summed E-state index contributed by atoms with van der Waals surface area (Å²) in [5.74, 6) is 0. The Balaban J connectivity index is 2.35. The Morgan fingerprint density at radius 1 is 1.54 bits per heavy atom. The molecule has 0 bridgehead atoms. The van der Waals surface area contributed by atoms with Crippen LogP contribution in [0, 0.1) is 0 Å². The van der Waals surface area contributed by atoms with Crippen LogP contribution < -0.4 is 0 Å². The van der Waals surface area contributed by atoms with Crippen LogP contribution in [0.5, 0.6) is 0 Å². The SMILES string of the molecule is CON=C1CCC=C1CCCCBr. The van der Waals surface area contributed by atoms with E-state index in [1.54, 1.807) is 7.11 Å². The largest absolute Gasteiger partial charge is 0.399 e. The lowest BCUT2D eigenvalue weighted by Gasteiger charge is -2.02. The average molecular weight is 246 g/mol. The van der Waals surface area contributed by atoms with Gasteiger partial charge in [0.25, 0.3) is 0 Å². The minimum absolute atomic E-state index is 1.05. The molecule has 0 amide bonds. The van der Waals surface area contributed by atoms with Crippen molar-refractivity contribution in [2.75, 3.05) is 12.4 Å². The molecule has 0 saturated heterocycles. The third-order valence-corrected chi connectivity index (χ3v) is 2.73. The zero-order chi connectivity index (χ0) is 9.52. The molecule has 0 aliphatic heterocycles. The molecule has 0 fully saturated rings. The van der Waals surface area contributed by atoms with Crippen LogP contribution in [-0.4, -0.2) is 18.2 Å². The predicted molar refractivity (Wildman–Crippen MR) is 59.4 cm³/mol. The molecular weight excluding hydrogens is 230 g/mol. The van der Waals surface area contributed by atoms with Gasteiger partial charge in [0.2, 0.25) is 0 Å².